The lowest BCUT2D eigenvalue weighted by Gasteiger charge is -2.27. The number of rotatable bonds is 7. The molecule has 1 N–H and O–H groups in total. The molecule has 1 aromatic carbocycles. The van der Waals surface area contributed by atoms with Crippen LogP contribution in [0.5, 0.6) is 0 Å². The van der Waals surface area contributed by atoms with Crippen LogP contribution in [0.1, 0.15) is 26.3 Å². The van der Waals surface area contributed by atoms with E-state index in [0.29, 0.717) is 5.92 Å². The minimum Gasteiger partial charge on any atom is -0.316 e. The molecule has 1 aromatic rings. The molecule has 1 atom stereocenters. The highest BCUT2D eigenvalue weighted by molar-refractivity contribution is 9.10. The summed E-state index contributed by atoms with van der Waals surface area (Å²) in [7, 11) is 0. The molecule has 0 aliphatic rings. The zero-order valence-corrected chi connectivity index (χ0v) is 13.3. The topological polar surface area (TPSA) is 12.0 Å². The minimum absolute atomic E-state index is 0.114. The highest BCUT2D eigenvalue weighted by Gasteiger charge is 2.20. The van der Waals surface area contributed by atoms with Crippen molar-refractivity contribution in [3.8, 4) is 0 Å². The Labute approximate surface area is 120 Å². The largest absolute Gasteiger partial charge is 0.316 e. The molecule has 1 nitrogen and oxygen atoms in total. The van der Waals surface area contributed by atoms with Gasteiger partial charge in [0.2, 0.25) is 0 Å². The molecular formula is C16H24BrN. The van der Waals surface area contributed by atoms with E-state index in [2.05, 4.69) is 78.9 Å². The highest BCUT2D eigenvalue weighted by atomic mass is 79.9. The zero-order chi connectivity index (χ0) is 13.6. The van der Waals surface area contributed by atoms with Gasteiger partial charge >= 0.3 is 0 Å². The van der Waals surface area contributed by atoms with Gasteiger partial charge in [0.25, 0.3) is 0 Å². The van der Waals surface area contributed by atoms with E-state index >= 15 is 0 Å². The van der Waals surface area contributed by atoms with E-state index in [4.69, 9.17) is 0 Å². The number of benzene rings is 1. The number of nitrogens with one attached hydrogen (secondary N) is 1. The molecule has 0 radical (unpaired) electrons. The van der Waals surface area contributed by atoms with Crippen molar-refractivity contribution in [1.29, 1.82) is 0 Å². The van der Waals surface area contributed by atoms with Crippen LogP contribution in [0.3, 0.4) is 0 Å². The van der Waals surface area contributed by atoms with Gasteiger partial charge in [0.05, 0.1) is 0 Å². The van der Waals surface area contributed by atoms with Crippen molar-refractivity contribution in [2.24, 2.45) is 11.3 Å². The third-order valence-electron chi connectivity index (χ3n) is 3.10. The molecule has 0 aromatic heterocycles. The van der Waals surface area contributed by atoms with Crippen LogP contribution in [0.15, 0.2) is 41.4 Å². The van der Waals surface area contributed by atoms with E-state index in [1.165, 1.54) is 5.56 Å². The normalized spacial score (nSPS) is 14.5. The first-order chi connectivity index (χ1) is 8.45. The number of hydrogen-bond donors (Lipinski definition) is 1. The predicted octanol–water partition coefficient (Wildman–Crippen LogP) is 4.43. The average molecular weight is 310 g/mol. The van der Waals surface area contributed by atoms with Crippen molar-refractivity contribution < 1.29 is 0 Å². The van der Waals surface area contributed by atoms with E-state index in [0.717, 1.165) is 24.0 Å². The van der Waals surface area contributed by atoms with Crippen LogP contribution < -0.4 is 5.32 Å². The van der Waals surface area contributed by atoms with E-state index in [-0.39, 0.29) is 5.41 Å². The summed E-state index contributed by atoms with van der Waals surface area (Å²) in [6.07, 6.45) is 3.09. The summed E-state index contributed by atoms with van der Waals surface area (Å²) in [5, 5.41) is 3.53. The van der Waals surface area contributed by atoms with Gasteiger partial charge in [-0.15, -0.1) is 6.58 Å². The fraction of sp³-hybridized carbons (Fsp3) is 0.500. The first kappa shape index (κ1) is 15.5. The van der Waals surface area contributed by atoms with Gasteiger partial charge in [0, 0.05) is 16.4 Å². The first-order valence-electron chi connectivity index (χ1n) is 6.54. The van der Waals surface area contributed by atoms with Gasteiger partial charge < -0.3 is 5.32 Å². The molecule has 1 rings (SSSR count). The lowest BCUT2D eigenvalue weighted by Crippen LogP contribution is -2.34. The fourth-order valence-electron chi connectivity index (χ4n) is 1.92. The maximum Gasteiger partial charge on any atom is 0.0175 e. The predicted molar refractivity (Wildman–Crippen MR) is 83.9 cm³/mol. The van der Waals surface area contributed by atoms with Crippen molar-refractivity contribution in [3.63, 3.8) is 0 Å². The number of hydrogen-bond acceptors (Lipinski definition) is 1. The Kier molecular flexibility index (Phi) is 6.10. The van der Waals surface area contributed by atoms with Crippen LogP contribution in [0.4, 0.5) is 0 Å². The van der Waals surface area contributed by atoms with E-state index < -0.39 is 0 Å². The van der Waals surface area contributed by atoms with Crippen molar-refractivity contribution >= 4 is 15.9 Å². The molecule has 0 spiro atoms. The zero-order valence-electron chi connectivity index (χ0n) is 11.7. The molecule has 0 amide bonds. The summed E-state index contributed by atoms with van der Waals surface area (Å²) in [5.41, 5.74) is 1.47. The maximum atomic E-state index is 3.99. The summed E-state index contributed by atoms with van der Waals surface area (Å²) < 4.78 is 1.13. The number of halogens is 1. The van der Waals surface area contributed by atoms with Gasteiger partial charge in [-0.25, -0.2) is 0 Å². The Hall–Kier alpha value is -0.600. The summed E-state index contributed by atoms with van der Waals surface area (Å²) in [4.78, 5) is 0. The second-order valence-corrected chi connectivity index (χ2v) is 6.60. The summed E-state index contributed by atoms with van der Waals surface area (Å²) in [6.45, 7) is 12.7. The molecule has 0 heterocycles. The lowest BCUT2D eigenvalue weighted by atomic mass is 9.83. The third-order valence-corrected chi connectivity index (χ3v) is 3.62. The van der Waals surface area contributed by atoms with Gasteiger partial charge in [0.1, 0.15) is 0 Å². The Bertz CT molecular complexity index is 369. The molecule has 2 heteroatoms. The quantitative estimate of drug-likeness (QED) is 0.735. The molecule has 100 valence electrons. The third kappa shape index (κ3) is 5.36. The molecule has 0 saturated heterocycles. The van der Waals surface area contributed by atoms with E-state index in [1.54, 1.807) is 0 Å². The van der Waals surface area contributed by atoms with Gasteiger partial charge in [0.15, 0.2) is 0 Å². The highest BCUT2D eigenvalue weighted by Crippen LogP contribution is 2.24. The van der Waals surface area contributed by atoms with Crippen molar-refractivity contribution in [1.82, 2.24) is 5.32 Å². The molecule has 0 saturated carbocycles. The molecular weight excluding hydrogens is 286 g/mol. The smallest absolute Gasteiger partial charge is 0.0175 e. The summed E-state index contributed by atoms with van der Waals surface area (Å²) in [6, 6.07) is 8.54. The van der Waals surface area contributed by atoms with Gasteiger partial charge in [-0.05, 0) is 36.6 Å². The second-order valence-electron chi connectivity index (χ2n) is 5.69. The average Bonchev–Trinajstić information content (AvgIpc) is 2.32. The Morgan fingerprint density at radius 2 is 1.94 bits per heavy atom. The standard InChI is InChI=1S/C16H24BrN/c1-5-16(4,12-18-11-13(2)3)10-14-6-8-15(17)9-7-14/h5-9,13,18H,1,10-12H2,2-4H3. The lowest BCUT2D eigenvalue weighted by molar-refractivity contribution is 0.378. The van der Waals surface area contributed by atoms with Crippen LogP contribution >= 0.6 is 15.9 Å². The summed E-state index contributed by atoms with van der Waals surface area (Å²) >= 11 is 3.47. The molecule has 0 aliphatic heterocycles. The molecule has 18 heavy (non-hydrogen) atoms. The summed E-state index contributed by atoms with van der Waals surface area (Å²) in [5.74, 6) is 0.687. The molecule has 1 unspecified atom stereocenters. The van der Waals surface area contributed by atoms with Crippen molar-refractivity contribution in [2.75, 3.05) is 13.1 Å². The molecule has 0 fully saturated rings. The van der Waals surface area contributed by atoms with Gasteiger partial charge in [-0.2, -0.15) is 0 Å². The molecule has 0 aliphatic carbocycles. The van der Waals surface area contributed by atoms with Gasteiger partial charge in [-0.3, -0.25) is 0 Å². The van der Waals surface area contributed by atoms with E-state index in [1.807, 2.05) is 0 Å². The van der Waals surface area contributed by atoms with Crippen LogP contribution in [-0.2, 0) is 6.42 Å². The van der Waals surface area contributed by atoms with Gasteiger partial charge in [-0.1, -0.05) is 54.9 Å². The fourth-order valence-corrected chi connectivity index (χ4v) is 2.19. The maximum absolute atomic E-state index is 3.99. The monoisotopic (exact) mass is 309 g/mol. The Morgan fingerprint density at radius 1 is 1.33 bits per heavy atom. The van der Waals surface area contributed by atoms with Crippen LogP contribution in [0.2, 0.25) is 0 Å². The van der Waals surface area contributed by atoms with Crippen LogP contribution in [0.25, 0.3) is 0 Å². The first-order valence-corrected chi connectivity index (χ1v) is 7.33. The Balaban J connectivity index is 2.58. The van der Waals surface area contributed by atoms with E-state index in [9.17, 15) is 0 Å². The minimum atomic E-state index is 0.114. The van der Waals surface area contributed by atoms with Crippen molar-refractivity contribution in [2.45, 2.75) is 27.2 Å². The van der Waals surface area contributed by atoms with Crippen molar-refractivity contribution in [3.05, 3.63) is 47.0 Å². The Morgan fingerprint density at radius 3 is 2.44 bits per heavy atom. The SMILES string of the molecule is C=CC(C)(CNCC(C)C)Cc1ccc(Br)cc1. The molecule has 0 bridgehead atoms. The van der Waals surface area contributed by atoms with Crippen LogP contribution in [0, 0.1) is 11.3 Å². The second kappa shape index (κ2) is 7.10. The van der Waals surface area contributed by atoms with Crippen LogP contribution in [-0.4, -0.2) is 13.1 Å².